The molecule has 1 N–H and O–H groups in total. The molecule has 0 spiro atoms. The fraction of sp³-hybridized carbons (Fsp3) is 0.130. The van der Waals surface area contributed by atoms with Gasteiger partial charge in [0.15, 0.2) is 18.1 Å². The molecule has 0 aliphatic carbocycles. The number of nitrogens with one attached hydrogen (secondary N) is 1. The van der Waals surface area contributed by atoms with Gasteiger partial charge in [-0.1, -0.05) is 29.8 Å². The quantitative estimate of drug-likeness (QED) is 0.388. The Morgan fingerprint density at radius 1 is 1.06 bits per heavy atom. The molecule has 0 aromatic heterocycles. The van der Waals surface area contributed by atoms with Crippen molar-refractivity contribution in [2.24, 2.45) is 5.10 Å². The third-order valence-electron chi connectivity index (χ3n) is 4.12. The highest BCUT2D eigenvalue weighted by Gasteiger charge is 2.08. The lowest BCUT2D eigenvalue weighted by Crippen LogP contribution is -2.24. The summed E-state index contributed by atoms with van der Waals surface area (Å²) < 4.78 is 30.1. The van der Waals surface area contributed by atoms with Crippen LogP contribution in [0.15, 0.2) is 71.8 Å². The van der Waals surface area contributed by atoms with Crippen LogP contribution in [0.2, 0.25) is 5.02 Å². The lowest BCUT2D eigenvalue weighted by atomic mass is 10.2. The SMILES string of the molecule is COc1cc(/C=N/NC(=O)COc2ccc(Cl)cc2)ccc1OCc1ccccc1F. The number of hydrogen-bond acceptors (Lipinski definition) is 5. The lowest BCUT2D eigenvalue weighted by Gasteiger charge is -2.11. The van der Waals surface area contributed by atoms with Crippen LogP contribution in [0.5, 0.6) is 17.2 Å². The first-order valence-electron chi connectivity index (χ1n) is 9.29. The van der Waals surface area contributed by atoms with Crippen molar-refractivity contribution in [2.45, 2.75) is 6.61 Å². The number of benzene rings is 3. The molecule has 0 heterocycles. The van der Waals surface area contributed by atoms with Crippen LogP contribution in [-0.2, 0) is 11.4 Å². The average Bonchev–Trinajstić information content (AvgIpc) is 2.78. The van der Waals surface area contributed by atoms with Crippen LogP contribution in [0.4, 0.5) is 4.39 Å². The highest BCUT2D eigenvalue weighted by atomic mass is 35.5. The molecule has 31 heavy (non-hydrogen) atoms. The first kappa shape index (κ1) is 22.1. The number of amides is 1. The van der Waals surface area contributed by atoms with E-state index in [4.69, 9.17) is 25.8 Å². The Hall–Kier alpha value is -3.58. The number of ether oxygens (including phenoxy) is 3. The summed E-state index contributed by atoms with van der Waals surface area (Å²) in [6.07, 6.45) is 1.46. The maximum Gasteiger partial charge on any atom is 0.277 e. The maximum absolute atomic E-state index is 13.7. The normalized spacial score (nSPS) is 10.7. The molecule has 0 aliphatic rings. The van der Waals surface area contributed by atoms with E-state index in [-0.39, 0.29) is 19.0 Å². The molecule has 6 nitrogen and oxygen atoms in total. The number of methoxy groups -OCH3 is 1. The fourth-order valence-electron chi connectivity index (χ4n) is 2.55. The van der Waals surface area contributed by atoms with E-state index in [2.05, 4.69) is 10.5 Å². The highest BCUT2D eigenvalue weighted by Crippen LogP contribution is 2.28. The maximum atomic E-state index is 13.7. The fourth-order valence-corrected chi connectivity index (χ4v) is 2.67. The van der Waals surface area contributed by atoms with Gasteiger partial charge in [0.05, 0.1) is 13.3 Å². The Morgan fingerprint density at radius 3 is 2.58 bits per heavy atom. The summed E-state index contributed by atoms with van der Waals surface area (Å²) in [5.74, 6) is 0.698. The van der Waals surface area contributed by atoms with Crippen molar-refractivity contribution in [2.75, 3.05) is 13.7 Å². The van der Waals surface area contributed by atoms with Crippen molar-refractivity contribution in [1.29, 1.82) is 0 Å². The highest BCUT2D eigenvalue weighted by molar-refractivity contribution is 6.30. The molecule has 0 aliphatic heterocycles. The van der Waals surface area contributed by atoms with Crippen LogP contribution in [0.25, 0.3) is 0 Å². The van der Waals surface area contributed by atoms with Gasteiger partial charge in [0.2, 0.25) is 0 Å². The second kappa shape index (κ2) is 11.0. The smallest absolute Gasteiger partial charge is 0.277 e. The minimum atomic E-state index is -0.414. The van der Waals surface area contributed by atoms with Gasteiger partial charge in [-0.2, -0.15) is 5.10 Å². The number of carbonyl (C=O) groups is 1. The summed E-state index contributed by atoms with van der Waals surface area (Å²) in [7, 11) is 1.50. The topological polar surface area (TPSA) is 69.2 Å². The van der Waals surface area contributed by atoms with Crippen molar-refractivity contribution in [3.05, 3.63) is 88.7 Å². The van der Waals surface area contributed by atoms with Gasteiger partial charge in [-0.25, -0.2) is 9.82 Å². The molecule has 0 saturated carbocycles. The number of nitrogens with zero attached hydrogens (tertiary/aromatic N) is 1. The molecule has 0 fully saturated rings. The van der Waals surface area contributed by atoms with Crippen LogP contribution < -0.4 is 19.6 Å². The van der Waals surface area contributed by atoms with E-state index in [1.807, 2.05) is 0 Å². The number of carbonyl (C=O) groups excluding carboxylic acids is 1. The Bertz CT molecular complexity index is 1060. The molecule has 0 unspecified atom stereocenters. The molecule has 3 aromatic carbocycles. The van der Waals surface area contributed by atoms with Gasteiger partial charge < -0.3 is 14.2 Å². The van der Waals surface area contributed by atoms with Crippen LogP contribution in [0.1, 0.15) is 11.1 Å². The Balaban J connectivity index is 1.52. The largest absolute Gasteiger partial charge is 0.493 e. The van der Waals surface area contributed by atoms with Crippen molar-refractivity contribution >= 4 is 23.7 Å². The molecule has 3 rings (SSSR count). The molecular formula is C23H20ClFN2O4. The van der Waals surface area contributed by atoms with Gasteiger partial charge in [0.25, 0.3) is 5.91 Å². The lowest BCUT2D eigenvalue weighted by molar-refractivity contribution is -0.123. The zero-order chi connectivity index (χ0) is 22.1. The summed E-state index contributed by atoms with van der Waals surface area (Å²) in [6.45, 7) is -0.120. The second-order valence-corrected chi connectivity index (χ2v) is 6.76. The van der Waals surface area contributed by atoms with Gasteiger partial charge in [0.1, 0.15) is 18.2 Å². The van der Waals surface area contributed by atoms with Crippen LogP contribution >= 0.6 is 11.6 Å². The van der Waals surface area contributed by atoms with E-state index in [9.17, 15) is 9.18 Å². The Kier molecular flexibility index (Phi) is 7.84. The zero-order valence-electron chi connectivity index (χ0n) is 16.7. The van der Waals surface area contributed by atoms with Crippen molar-refractivity contribution in [3.8, 4) is 17.2 Å². The van der Waals surface area contributed by atoms with E-state index in [1.165, 1.54) is 19.4 Å². The van der Waals surface area contributed by atoms with E-state index in [0.717, 1.165) is 0 Å². The Labute approximate surface area is 184 Å². The van der Waals surface area contributed by atoms with Crippen LogP contribution in [0, 0.1) is 5.82 Å². The average molecular weight is 443 g/mol. The third-order valence-corrected chi connectivity index (χ3v) is 4.37. The molecule has 0 atom stereocenters. The minimum Gasteiger partial charge on any atom is -0.493 e. The number of hydrogen-bond donors (Lipinski definition) is 1. The first-order valence-corrected chi connectivity index (χ1v) is 9.67. The second-order valence-electron chi connectivity index (χ2n) is 6.33. The van der Waals surface area contributed by atoms with E-state index >= 15 is 0 Å². The Morgan fingerprint density at radius 2 is 1.84 bits per heavy atom. The predicted octanol–water partition coefficient (Wildman–Crippen LogP) is 4.60. The molecule has 0 saturated heterocycles. The number of halogens is 2. The van der Waals surface area contributed by atoms with E-state index in [0.29, 0.717) is 33.4 Å². The van der Waals surface area contributed by atoms with Gasteiger partial charge >= 0.3 is 0 Å². The first-order chi connectivity index (χ1) is 15.0. The summed E-state index contributed by atoms with van der Waals surface area (Å²) in [5.41, 5.74) is 3.50. The summed E-state index contributed by atoms with van der Waals surface area (Å²) in [4.78, 5) is 11.8. The van der Waals surface area contributed by atoms with Crippen LogP contribution in [-0.4, -0.2) is 25.8 Å². The standard InChI is InChI=1S/C23H20ClFN2O4/c1-29-22-12-16(6-11-21(22)31-14-17-4-2-3-5-20(17)25)13-26-27-23(28)15-30-19-9-7-18(24)8-10-19/h2-13H,14-15H2,1H3,(H,27,28)/b26-13+. The predicted molar refractivity (Wildman–Crippen MR) is 116 cm³/mol. The van der Waals surface area contributed by atoms with E-state index in [1.54, 1.807) is 60.7 Å². The number of rotatable bonds is 9. The number of hydrazone groups is 1. The molecule has 0 bridgehead atoms. The minimum absolute atomic E-state index is 0.0696. The molecule has 8 heteroatoms. The van der Waals surface area contributed by atoms with Gasteiger partial charge in [-0.3, -0.25) is 4.79 Å². The van der Waals surface area contributed by atoms with Gasteiger partial charge in [-0.15, -0.1) is 0 Å². The molecule has 3 aromatic rings. The third kappa shape index (κ3) is 6.72. The van der Waals surface area contributed by atoms with Gasteiger partial charge in [-0.05, 0) is 54.1 Å². The summed E-state index contributed by atoms with van der Waals surface area (Å²) >= 11 is 5.80. The molecule has 0 radical (unpaired) electrons. The monoisotopic (exact) mass is 442 g/mol. The van der Waals surface area contributed by atoms with Crippen LogP contribution in [0.3, 0.4) is 0 Å². The van der Waals surface area contributed by atoms with Gasteiger partial charge in [0, 0.05) is 10.6 Å². The summed E-state index contributed by atoms with van der Waals surface area (Å²) in [6, 6.07) is 18.2. The van der Waals surface area contributed by atoms with Crippen molar-refractivity contribution in [1.82, 2.24) is 5.43 Å². The molecule has 160 valence electrons. The molecular weight excluding hydrogens is 423 g/mol. The van der Waals surface area contributed by atoms with Crippen molar-refractivity contribution in [3.63, 3.8) is 0 Å². The summed E-state index contributed by atoms with van der Waals surface area (Å²) in [5, 5.41) is 4.49. The van der Waals surface area contributed by atoms with E-state index < -0.39 is 5.91 Å². The zero-order valence-corrected chi connectivity index (χ0v) is 17.4. The van der Waals surface area contributed by atoms with Crippen molar-refractivity contribution < 1.29 is 23.4 Å². The molecule has 1 amide bonds.